The summed E-state index contributed by atoms with van der Waals surface area (Å²) in [6.07, 6.45) is 6.76. The van der Waals surface area contributed by atoms with E-state index in [1.54, 1.807) is 12.1 Å². The van der Waals surface area contributed by atoms with Crippen molar-refractivity contribution in [3.05, 3.63) is 47.7 Å². The van der Waals surface area contributed by atoms with Gasteiger partial charge < -0.3 is 5.32 Å². The van der Waals surface area contributed by atoms with Gasteiger partial charge in [-0.1, -0.05) is 36.3 Å². The third-order valence-electron chi connectivity index (χ3n) is 5.26. The standard InChI is InChI=1S/C22H32N6O/c1-16(2)28(17(3)4)26-24-21-19(15-27(25-21)20-12-8-9-13-20)14-23-22(29)18-10-6-5-7-11-18/h5-7,10-11,15-17,20H,8-9,12-14H2,1-4H3,(H,23,29). The van der Waals surface area contributed by atoms with Gasteiger partial charge in [-0.3, -0.25) is 14.5 Å². The van der Waals surface area contributed by atoms with Gasteiger partial charge >= 0.3 is 0 Å². The van der Waals surface area contributed by atoms with Crippen LogP contribution in [0.2, 0.25) is 0 Å². The Labute approximate surface area is 173 Å². The third-order valence-corrected chi connectivity index (χ3v) is 5.26. The molecule has 2 aromatic rings. The van der Waals surface area contributed by atoms with Crippen molar-refractivity contribution in [1.82, 2.24) is 20.1 Å². The number of aromatic nitrogens is 2. The molecule has 0 aliphatic heterocycles. The molecule has 0 spiro atoms. The van der Waals surface area contributed by atoms with Crippen LogP contribution in [0.25, 0.3) is 0 Å². The number of carbonyl (C=O) groups excluding carboxylic acids is 1. The molecule has 1 aromatic heterocycles. The van der Waals surface area contributed by atoms with Crippen LogP contribution in [-0.2, 0) is 6.54 Å². The van der Waals surface area contributed by atoms with Gasteiger partial charge in [0.1, 0.15) is 0 Å². The van der Waals surface area contributed by atoms with Gasteiger partial charge in [0.05, 0.1) is 6.04 Å². The minimum atomic E-state index is -0.104. The Morgan fingerprint density at radius 1 is 1.17 bits per heavy atom. The summed E-state index contributed by atoms with van der Waals surface area (Å²) in [5.74, 6) is 0.477. The molecule has 1 N–H and O–H groups in total. The summed E-state index contributed by atoms with van der Waals surface area (Å²) in [6.45, 7) is 8.75. The lowest BCUT2D eigenvalue weighted by Gasteiger charge is -2.25. The average molecular weight is 397 g/mol. The first-order valence-electron chi connectivity index (χ1n) is 10.6. The smallest absolute Gasteiger partial charge is 0.251 e. The molecule has 0 radical (unpaired) electrons. The zero-order chi connectivity index (χ0) is 20.8. The molecule has 156 valence electrons. The van der Waals surface area contributed by atoms with Gasteiger partial charge in [0.25, 0.3) is 5.91 Å². The lowest BCUT2D eigenvalue weighted by molar-refractivity contribution is 0.0951. The van der Waals surface area contributed by atoms with Crippen molar-refractivity contribution in [3.63, 3.8) is 0 Å². The van der Waals surface area contributed by atoms with Gasteiger partial charge in [0, 0.05) is 36.0 Å². The first-order chi connectivity index (χ1) is 14.0. The summed E-state index contributed by atoms with van der Waals surface area (Å²) < 4.78 is 2.01. The summed E-state index contributed by atoms with van der Waals surface area (Å²) in [5, 5.41) is 18.6. The maximum absolute atomic E-state index is 12.4. The van der Waals surface area contributed by atoms with E-state index in [4.69, 9.17) is 5.10 Å². The number of carbonyl (C=O) groups is 1. The monoisotopic (exact) mass is 396 g/mol. The molecule has 1 fully saturated rings. The summed E-state index contributed by atoms with van der Waals surface area (Å²) in [6, 6.07) is 10.1. The second-order valence-electron chi connectivity index (χ2n) is 8.20. The second-order valence-corrected chi connectivity index (χ2v) is 8.20. The van der Waals surface area contributed by atoms with Crippen LogP contribution in [0.4, 0.5) is 5.82 Å². The van der Waals surface area contributed by atoms with E-state index in [1.807, 2.05) is 34.1 Å². The number of hydrogen-bond acceptors (Lipinski definition) is 4. The van der Waals surface area contributed by atoms with Crippen LogP contribution in [0, 0.1) is 0 Å². The molecule has 0 bridgehead atoms. The van der Waals surface area contributed by atoms with Crippen molar-refractivity contribution in [2.24, 2.45) is 10.3 Å². The van der Waals surface area contributed by atoms with E-state index in [2.05, 4.69) is 43.3 Å². The van der Waals surface area contributed by atoms with E-state index in [-0.39, 0.29) is 18.0 Å². The van der Waals surface area contributed by atoms with Gasteiger partial charge in [-0.05, 0) is 52.7 Å². The molecule has 1 aliphatic rings. The third kappa shape index (κ3) is 5.43. The van der Waals surface area contributed by atoms with E-state index in [1.165, 1.54) is 12.8 Å². The quantitative estimate of drug-likeness (QED) is 0.501. The molecule has 0 atom stereocenters. The molecule has 0 saturated heterocycles. The van der Waals surface area contributed by atoms with Gasteiger partial charge in [0.2, 0.25) is 5.82 Å². The fraction of sp³-hybridized carbons (Fsp3) is 0.545. The first kappa shape index (κ1) is 21.0. The number of amides is 1. The van der Waals surface area contributed by atoms with Crippen molar-refractivity contribution < 1.29 is 4.79 Å². The normalized spacial score (nSPS) is 15.0. The second kappa shape index (κ2) is 9.67. The van der Waals surface area contributed by atoms with Crippen LogP contribution < -0.4 is 5.32 Å². The predicted octanol–water partition coefficient (Wildman–Crippen LogP) is 5.05. The van der Waals surface area contributed by atoms with Gasteiger partial charge in [0.15, 0.2) is 0 Å². The minimum absolute atomic E-state index is 0.104. The highest BCUT2D eigenvalue weighted by molar-refractivity contribution is 5.94. The number of nitrogens with one attached hydrogen (secondary N) is 1. The molecule has 1 heterocycles. The van der Waals surface area contributed by atoms with Gasteiger partial charge in [-0.25, -0.2) is 0 Å². The number of benzene rings is 1. The van der Waals surface area contributed by atoms with Crippen molar-refractivity contribution >= 4 is 11.7 Å². The van der Waals surface area contributed by atoms with Crippen molar-refractivity contribution in [1.29, 1.82) is 0 Å². The fourth-order valence-electron chi connectivity index (χ4n) is 3.75. The summed E-state index contributed by atoms with van der Waals surface area (Å²) in [4.78, 5) is 12.4. The number of rotatable bonds is 8. The van der Waals surface area contributed by atoms with Gasteiger partial charge in [-0.15, -0.1) is 5.11 Å². The van der Waals surface area contributed by atoms with E-state index in [0.29, 0.717) is 24.0 Å². The topological polar surface area (TPSA) is 74.9 Å². The molecule has 7 heteroatoms. The van der Waals surface area contributed by atoms with Crippen molar-refractivity contribution in [2.45, 2.75) is 78.0 Å². The highest BCUT2D eigenvalue weighted by Gasteiger charge is 2.21. The SMILES string of the molecule is CC(C)N(N=Nc1nn(C2CCCC2)cc1CNC(=O)c1ccccc1)C(C)C. The zero-order valence-electron chi connectivity index (χ0n) is 17.9. The molecule has 1 saturated carbocycles. The largest absolute Gasteiger partial charge is 0.348 e. The zero-order valence-corrected chi connectivity index (χ0v) is 17.9. The summed E-state index contributed by atoms with van der Waals surface area (Å²) in [7, 11) is 0. The molecule has 7 nitrogen and oxygen atoms in total. The van der Waals surface area contributed by atoms with Crippen molar-refractivity contribution in [2.75, 3.05) is 0 Å². The Balaban J connectivity index is 1.79. The Bertz CT molecular complexity index is 813. The lowest BCUT2D eigenvalue weighted by atomic mass is 10.2. The molecule has 1 amide bonds. The number of hydrogen-bond donors (Lipinski definition) is 1. The van der Waals surface area contributed by atoms with Gasteiger partial charge in [-0.2, -0.15) is 5.10 Å². The maximum Gasteiger partial charge on any atom is 0.251 e. The van der Waals surface area contributed by atoms with Crippen LogP contribution >= 0.6 is 0 Å². The number of nitrogens with zero attached hydrogens (tertiary/aromatic N) is 5. The van der Waals surface area contributed by atoms with E-state index in [0.717, 1.165) is 18.4 Å². The maximum atomic E-state index is 12.4. The summed E-state index contributed by atoms with van der Waals surface area (Å²) in [5.41, 5.74) is 1.53. The van der Waals surface area contributed by atoms with Crippen LogP contribution in [0.5, 0.6) is 0 Å². The lowest BCUT2D eigenvalue weighted by Crippen LogP contribution is -2.31. The first-order valence-corrected chi connectivity index (χ1v) is 10.6. The molecule has 3 rings (SSSR count). The Morgan fingerprint density at radius 3 is 2.45 bits per heavy atom. The molecule has 0 unspecified atom stereocenters. The van der Waals surface area contributed by atoms with E-state index >= 15 is 0 Å². The molecule has 29 heavy (non-hydrogen) atoms. The van der Waals surface area contributed by atoms with Crippen LogP contribution in [-0.4, -0.2) is 32.8 Å². The van der Waals surface area contributed by atoms with Crippen LogP contribution in [0.15, 0.2) is 46.9 Å². The Hall–Kier alpha value is -2.70. The van der Waals surface area contributed by atoms with Crippen LogP contribution in [0.1, 0.15) is 75.3 Å². The average Bonchev–Trinajstić information content (AvgIpc) is 3.36. The molecular weight excluding hydrogens is 364 g/mol. The fourth-order valence-corrected chi connectivity index (χ4v) is 3.75. The van der Waals surface area contributed by atoms with E-state index < -0.39 is 0 Å². The highest BCUT2D eigenvalue weighted by atomic mass is 16.1. The Kier molecular flexibility index (Phi) is 7.01. The summed E-state index contributed by atoms with van der Waals surface area (Å²) >= 11 is 0. The Morgan fingerprint density at radius 2 is 1.83 bits per heavy atom. The predicted molar refractivity (Wildman–Crippen MR) is 114 cm³/mol. The van der Waals surface area contributed by atoms with Crippen LogP contribution in [0.3, 0.4) is 0 Å². The van der Waals surface area contributed by atoms with E-state index in [9.17, 15) is 4.79 Å². The molecule has 1 aromatic carbocycles. The molecular formula is C22H32N6O. The minimum Gasteiger partial charge on any atom is -0.348 e. The highest BCUT2D eigenvalue weighted by Crippen LogP contribution is 2.31. The molecule has 1 aliphatic carbocycles. The van der Waals surface area contributed by atoms with Crippen molar-refractivity contribution in [3.8, 4) is 0 Å².